The van der Waals surface area contributed by atoms with Crippen LogP contribution in [0.25, 0.3) is 0 Å². The average molecular weight is 363 g/mol. The first-order valence-corrected chi connectivity index (χ1v) is 10.6. The zero-order chi connectivity index (χ0) is 17.4. The summed E-state index contributed by atoms with van der Waals surface area (Å²) in [5.41, 5.74) is 0. The van der Waals surface area contributed by atoms with Gasteiger partial charge in [-0.2, -0.15) is 0 Å². The molecule has 0 bridgehead atoms. The van der Waals surface area contributed by atoms with Crippen LogP contribution in [0.3, 0.4) is 0 Å². The summed E-state index contributed by atoms with van der Waals surface area (Å²) in [7, 11) is 4.35. The number of likely N-dealkylation sites (tertiary alicyclic amines) is 1. The molecule has 4 nitrogen and oxygen atoms in total. The molecule has 1 aliphatic heterocycles. The lowest BCUT2D eigenvalue weighted by atomic mass is 9.77. The lowest BCUT2D eigenvalue weighted by Gasteiger charge is -2.41. The number of rotatable bonds is 6. The zero-order valence-corrected chi connectivity index (χ0v) is 16.2. The van der Waals surface area contributed by atoms with Crippen LogP contribution in [0.4, 0.5) is 0 Å². The number of fused-ring (bicyclic) bond motifs is 1. The lowest BCUT2D eigenvalue weighted by Crippen LogP contribution is -2.48. The van der Waals surface area contributed by atoms with Gasteiger partial charge in [0.05, 0.1) is 12.5 Å². The molecule has 3 aliphatic rings. The molecule has 4 atom stereocenters. The molecule has 2 aliphatic carbocycles. The number of hydrogen-bond donors (Lipinski definition) is 0. The highest BCUT2D eigenvalue weighted by Gasteiger charge is 2.44. The molecule has 1 saturated heterocycles. The van der Waals surface area contributed by atoms with Crippen molar-refractivity contribution in [2.24, 2.45) is 17.8 Å². The first-order chi connectivity index (χ1) is 12.1. The minimum absolute atomic E-state index is 0.300. The fourth-order valence-electron chi connectivity index (χ4n) is 4.53. The number of nitrogens with zero attached hydrogens (tertiary/aromatic N) is 2. The highest BCUT2D eigenvalue weighted by Crippen LogP contribution is 2.40. The van der Waals surface area contributed by atoms with E-state index in [1.807, 2.05) is 6.07 Å². The van der Waals surface area contributed by atoms with Gasteiger partial charge in [0, 0.05) is 30.6 Å². The van der Waals surface area contributed by atoms with Gasteiger partial charge in [0.1, 0.15) is 0 Å². The maximum atomic E-state index is 12.7. The van der Waals surface area contributed by atoms with Crippen molar-refractivity contribution >= 4 is 17.2 Å². The Morgan fingerprint density at radius 3 is 2.68 bits per heavy atom. The van der Waals surface area contributed by atoms with Crippen molar-refractivity contribution in [3.05, 3.63) is 22.4 Å². The first kappa shape index (κ1) is 17.5. The second kappa shape index (κ2) is 7.37. The Hall–Kier alpha value is -0.910. The molecule has 1 aromatic heterocycles. The van der Waals surface area contributed by atoms with Crippen LogP contribution in [0.1, 0.15) is 30.6 Å². The number of thiophene rings is 1. The molecule has 0 radical (unpaired) electrons. The summed E-state index contributed by atoms with van der Waals surface area (Å²) in [6.07, 6.45) is 5.87. The number of ether oxygens (including phenoxy) is 1. The molecule has 3 fully saturated rings. The van der Waals surface area contributed by atoms with E-state index in [0.717, 1.165) is 38.5 Å². The Balaban J connectivity index is 1.36. The number of carbonyl (C=O) groups is 1. The van der Waals surface area contributed by atoms with E-state index in [4.69, 9.17) is 4.74 Å². The summed E-state index contributed by atoms with van der Waals surface area (Å²) in [5, 5.41) is 2.05. The van der Waals surface area contributed by atoms with Gasteiger partial charge in [-0.1, -0.05) is 6.07 Å². The quantitative estimate of drug-likeness (QED) is 0.780. The van der Waals surface area contributed by atoms with E-state index >= 15 is 0 Å². The van der Waals surface area contributed by atoms with Crippen molar-refractivity contribution in [1.82, 2.24) is 9.80 Å². The topological polar surface area (TPSA) is 32.8 Å². The van der Waals surface area contributed by atoms with E-state index in [2.05, 4.69) is 35.3 Å². The van der Waals surface area contributed by atoms with Crippen LogP contribution in [-0.4, -0.2) is 61.6 Å². The van der Waals surface area contributed by atoms with Gasteiger partial charge in [0.2, 0.25) is 5.91 Å². The predicted octanol–water partition coefficient (Wildman–Crippen LogP) is 2.88. The molecule has 4 rings (SSSR count). The van der Waals surface area contributed by atoms with E-state index in [1.165, 1.54) is 17.7 Å². The van der Waals surface area contributed by atoms with E-state index in [1.54, 1.807) is 11.3 Å². The molecular weight excluding hydrogens is 332 g/mol. The maximum absolute atomic E-state index is 12.7. The molecular formula is C20H30N2O2S. The Labute approximate surface area is 155 Å². The van der Waals surface area contributed by atoms with Gasteiger partial charge in [-0.05, 0) is 69.0 Å². The summed E-state index contributed by atoms with van der Waals surface area (Å²) >= 11 is 1.68. The van der Waals surface area contributed by atoms with Gasteiger partial charge >= 0.3 is 0 Å². The molecule has 0 spiro atoms. The van der Waals surface area contributed by atoms with Crippen LogP contribution >= 0.6 is 11.3 Å². The Bertz CT molecular complexity index is 585. The van der Waals surface area contributed by atoms with Gasteiger partial charge in [0.25, 0.3) is 0 Å². The average Bonchev–Trinajstić information content (AvgIpc) is 3.09. The first-order valence-electron chi connectivity index (χ1n) is 9.68. The van der Waals surface area contributed by atoms with Crippen molar-refractivity contribution in [2.45, 2.75) is 44.2 Å². The van der Waals surface area contributed by atoms with Gasteiger partial charge < -0.3 is 14.5 Å². The van der Waals surface area contributed by atoms with Crippen LogP contribution in [-0.2, 0) is 16.0 Å². The molecule has 0 aromatic carbocycles. The van der Waals surface area contributed by atoms with Crippen LogP contribution < -0.4 is 0 Å². The third-order valence-corrected chi connectivity index (χ3v) is 7.13. The largest absolute Gasteiger partial charge is 0.376 e. The summed E-state index contributed by atoms with van der Waals surface area (Å²) in [6.45, 7) is 2.81. The van der Waals surface area contributed by atoms with E-state index in [-0.39, 0.29) is 0 Å². The minimum atomic E-state index is 0.300. The fourth-order valence-corrected chi connectivity index (χ4v) is 5.23. The third kappa shape index (κ3) is 4.09. The highest BCUT2D eigenvalue weighted by molar-refractivity contribution is 7.10. The summed E-state index contributed by atoms with van der Waals surface area (Å²) in [5.74, 6) is 2.37. The van der Waals surface area contributed by atoms with Crippen molar-refractivity contribution in [3.63, 3.8) is 0 Å². The van der Waals surface area contributed by atoms with Crippen LogP contribution in [0.15, 0.2) is 17.5 Å². The van der Waals surface area contributed by atoms with Crippen molar-refractivity contribution < 1.29 is 9.53 Å². The standard InChI is InChI=1S/C20H30N2O2S/c1-21(2)18-8-15-11-22(20(23)10-17-4-3-7-25-17)12-16(15)9-19(18)24-13-14-5-6-14/h3-4,7,14-16,18-19H,5-6,8-13H2,1-2H3/t15-,16+,18-,19-/m1/s1. The Morgan fingerprint density at radius 2 is 2.04 bits per heavy atom. The van der Waals surface area contributed by atoms with Gasteiger partial charge in [-0.25, -0.2) is 0 Å². The normalized spacial score (nSPS) is 32.2. The minimum Gasteiger partial charge on any atom is -0.376 e. The SMILES string of the molecule is CN(C)[C@@H]1C[C@@H]2CN(C(=O)Cc3cccs3)C[C@@H]2C[C@H]1OCC1CC1. The van der Waals surface area contributed by atoms with Gasteiger partial charge in [-0.15, -0.1) is 11.3 Å². The summed E-state index contributed by atoms with van der Waals surface area (Å²) in [6, 6.07) is 4.59. The molecule has 2 heterocycles. The molecule has 1 aromatic rings. The van der Waals surface area contributed by atoms with Crippen molar-refractivity contribution in [3.8, 4) is 0 Å². The van der Waals surface area contributed by atoms with Crippen LogP contribution in [0, 0.1) is 17.8 Å². The number of likely N-dealkylation sites (N-methyl/N-ethyl adjacent to an activating group) is 1. The Kier molecular flexibility index (Phi) is 5.16. The smallest absolute Gasteiger partial charge is 0.227 e. The molecule has 0 unspecified atom stereocenters. The van der Waals surface area contributed by atoms with Crippen molar-refractivity contribution in [2.75, 3.05) is 33.8 Å². The predicted molar refractivity (Wildman–Crippen MR) is 101 cm³/mol. The van der Waals surface area contributed by atoms with E-state index < -0.39 is 0 Å². The van der Waals surface area contributed by atoms with Gasteiger partial charge in [-0.3, -0.25) is 4.79 Å². The molecule has 5 heteroatoms. The Morgan fingerprint density at radius 1 is 1.28 bits per heavy atom. The van der Waals surface area contributed by atoms with Crippen LogP contribution in [0.2, 0.25) is 0 Å². The highest BCUT2D eigenvalue weighted by atomic mass is 32.1. The summed E-state index contributed by atoms with van der Waals surface area (Å²) in [4.78, 5) is 18.3. The number of amides is 1. The number of carbonyl (C=O) groups excluding carboxylic acids is 1. The molecule has 0 N–H and O–H groups in total. The molecule has 138 valence electrons. The maximum Gasteiger partial charge on any atom is 0.227 e. The number of hydrogen-bond acceptors (Lipinski definition) is 4. The lowest BCUT2D eigenvalue weighted by molar-refractivity contribution is -0.129. The zero-order valence-electron chi connectivity index (χ0n) is 15.4. The van der Waals surface area contributed by atoms with Crippen molar-refractivity contribution in [1.29, 1.82) is 0 Å². The third-order valence-electron chi connectivity index (χ3n) is 6.25. The molecule has 1 amide bonds. The second-order valence-corrected chi connectivity index (χ2v) is 9.42. The fraction of sp³-hybridized carbons (Fsp3) is 0.750. The monoisotopic (exact) mass is 362 g/mol. The van der Waals surface area contributed by atoms with Crippen LogP contribution in [0.5, 0.6) is 0 Å². The molecule has 25 heavy (non-hydrogen) atoms. The summed E-state index contributed by atoms with van der Waals surface area (Å²) < 4.78 is 6.33. The second-order valence-electron chi connectivity index (χ2n) is 8.39. The molecule has 2 saturated carbocycles. The van der Waals surface area contributed by atoms with E-state index in [9.17, 15) is 4.79 Å². The van der Waals surface area contributed by atoms with Gasteiger partial charge in [0.15, 0.2) is 0 Å². The van der Waals surface area contributed by atoms with E-state index in [0.29, 0.717) is 36.3 Å².